The average molecular weight is 766 g/mol. The molecular formula is C47H51N5O5. The molecule has 2 N–H and O–H groups in total. The van der Waals surface area contributed by atoms with Crippen LogP contribution in [0.25, 0.3) is 0 Å². The summed E-state index contributed by atoms with van der Waals surface area (Å²) in [5, 5.41) is 12.1. The largest absolute Gasteiger partial charge is 0.478 e. The number of piperazine rings is 1. The molecule has 9 rings (SSSR count). The van der Waals surface area contributed by atoms with Crippen molar-refractivity contribution in [3.63, 3.8) is 0 Å². The third-order valence-corrected chi connectivity index (χ3v) is 13.3. The van der Waals surface area contributed by atoms with Crippen molar-refractivity contribution in [2.45, 2.75) is 69.4 Å². The molecule has 0 bridgehead atoms. The number of hydrogen-bond acceptors (Lipinski definition) is 7. The minimum atomic E-state index is -0.871. The molecule has 0 spiro atoms. The SMILES string of the molecule is O=C1CC[C@H](N2Cc3cc(N4CCN(CC5CCN(c6ccc([C@@H]7c8ccc(C(=O)O)cc8CCC[C@@H]7c7ccccc7)cc6)CC5)CC4)ccc3C2=O)C(=O)N1. The Bertz CT molecular complexity index is 2160. The maximum absolute atomic E-state index is 13.2. The Labute approximate surface area is 334 Å². The number of carboxylic acid groups (broad SMARTS) is 1. The fourth-order valence-corrected chi connectivity index (χ4v) is 10.2. The average Bonchev–Trinajstić information content (AvgIpc) is 3.43. The van der Waals surface area contributed by atoms with Gasteiger partial charge in [-0.15, -0.1) is 0 Å². The topological polar surface area (TPSA) is 114 Å². The van der Waals surface area contributed by atoms with Gasteiger partial charge in [0, 0.05) is 81.6 Å². The number of aryl methyl sites for hydroxylation is 1. The predicted molar refractivity (Wildman–Crippen MR) is 220 cm³/mol. The van der Waals surface area contributed by atoms with E-state index in [2.05, 4.69) is 86.7 Å². The van der Waals surface area contributed by atoms with Crippen molar-refractivity contribution < 1.29 is 24.3 Å². The number of nitrogens with zero attached hydrogens (tertiary/aromatic N) is 4. The zero-order valence-corrected chi connectivity index (χ0v) is 32.4. The minimum Gasteiger partial charge on any atom is -0.478 e. The Hall–Kier alpha value is -5.48. The summed E-state index contributed by atoms with van der Waals surface area (Å²) < 4.78 is 0. The van der Waals surface area contributed by atoms with E-state index in [0.29, 0.717) is 35.9 Å². The van der Waals surface area contributed by atoms with Crippen LogP contribution in [0.15, 0.2) is 91.0 Å². The second-order valence-corrected chi connectivity index (χ2v) is 16.7. The number of aromatic carboxylic acids is 1. The number of rotatable bonds is 8. The molecule has 0 radical (unpaired) electrons. The van der Waals surface area contributed by atoms with Gasteiger partial charge in [-0.1, -0.05) is 48.5 Å². The standard InChI is InChI=1S/C47H51N5O5/c53-43-18-17-42(45(54)48-43)52-30-36-28-38(14-16-41(36)46(52)55)51-25-23-49(24-26-51)29-31-19-21-50(22-20-31)37-12-9-33(10-13-37)44-39(32-5-2-1-3-6-32)8-4-7-34-27-35(47(56)57)11-15-40(34)44/h1-3,5-6,9-16,27-28,31,39,42,44H,4,7-8,17-26,29-30H2,(H,56,57)(H,48,53,54)/t39-,42+,44+/m1/s1. The molecule has 10 heteroatoms. The van der Waals surface area contributed by atoms with Crippen molar-refractivity contribution in [3.8, 4) is 0 Å². The molecule has 57 heavy (non-hydrogen) atoms. The second kappa shape index (κ2) is 15.8. The molecule has 294 valence electrons. The molecule has 3 fully saturated rings. The van der Waals surface area contributed by atoms with Crippen LogP contribution in [0.2, 0.25) is 0 Å². The first kappa shape index (κ1) is 37.1. The molecule has 10 nitrogen and oxygen atoms in total. The number of nitrogens with one attached hydrogen (secondary N) is 1. The van der Waals surface area contributed by atoms with Gasteiger partial charge in [0.2, 0.25) is 11.8 Å². The highest BCUT2D eigenvalue weighted by Crippen LogP contribution is 2.46. The zero-order chi connectivity index (χ0) is 39.0. The van der Waals surface area contributed by atoms with Crippen LogP contribution in [-0.2, 0) is 22.6 Å². The highest BCUT2D eigenvalue weighted by Gasteiger charge is 2.39. The molecule has 3 amide bonds. The summed E-state index contributed by atoms with van der Waals surface area (Å²) in [6, 6.07) is 31.2. The summed E-state index contributed by atoms with van der Waals surface area (Å²) in [5.41, 5.74) is 9.41. The number of carboxylic acids is 1. The Kier molecular flexibility index (Phi) is 10.3. The Morgan fingerprint density at radius 1 is 0.702 bits per heavy atom. The van der Waals surface area contributed by atoms with Crippen LogP contribution in [0, 0.1) is 5.92 Å². The number of carbonyl (C=O) groups is 4. The van der Waals surface area contributed by atoms with Gasteiger partial charge in [0.25, 0.3) is 5.91 Å². The smallest absolute Gasteiger partial charge is 0.335 e. The van der Waals surface area contributed by atoms with Crippen LogP contribution in [0.5, 0.6) is 0 Å². The number of piperidine rings is 2. The van der Waals surface area contributed by atoms with E-state index in [1.54, 1.807) is 11.0 Å². The van der Waals surface area contributed by atoms with E-state index in [1.165, 1.54) is 35.2 Å². The number of fused-ring (bicyclic) bond motifs is 2. The van der Waals surface area contributed by atoms with Gasteiger partial charge in [-0.3, -0.25) is 24.6 Å². The van der Waals surface area contributed by atoms with Crippen LogP contribution in [0.1, 0.15) is 98.9 Å². The third-order valence-electron chi connectivity index (χ3n) is 13.3. The number of hydrogen-bond donors (Lipinski definition) is 2. The number of benzene rings is 4. The van der Waals surface area contributed by atoms with Crippen molar-refractivity contribution in [1.82, 2.24) is 15.1 Å². The summed E-state index contributed by atoms with van der Waals surface area (Å²) in [4.78, 5) is 58.3. The lowest BCUT2D eigenvalue weighted by molar-refractivity contribution is -0.136. The van der Waals surface area contributed by atoms with E-state index in [4.69, 9.17) is 0 Å². The molecule has 3 saturated heterocycles. The van der Waals surface area contributed by atoms with E-state index in [9.17, 15) is 24.3 Å². The molecule has 4 aromatic carbocycles. The van der Waals surface area contributed by atoms with E-state index in [0.717, 1.165) is 81.9 Å². The van der Waals surface area contributed by atoms with E-state index in [1.807, 2.05) is 18.2 Å². The Morgan fingerprint density at radius 2 is 1.44 bits per heavy atom. The third kappa shape index (κ3) is 7.55. The highest BCUT2D eigenvalue weighted by atomic mass is 16.4. The molecule has 3 atom stereocenters. The van der Waals surface area contributed by atoms with Crippen LogP contribution < -0.4 is 15.1 Å². The quantitative estimate of drug-likeness (QED) is 0.156. The summed E-state index contributed by atoms with van der Waals surface area (Å²) >= 11 is 0. The number of imide groups is 1. The maximum atomic E-state index is 13.2. The minimum absolute atomic E-state index is 0.129. The van der Waals surface area contributed by atoms with Gasteiger partial charge in [0.05, 0.1) is 5.56 Å². The highest BCUT2D eigenvalue weighted by molar-refractivity contribution is 6.05. The molecule has 4 aliphatic heterocycles. The Morgan fingerprint density at radius 3 is 2.18 bits per heavy atom. The monoisotopic (exact) mass is 765 g/mol. The molecular weight excluding hydrogens is 715 g/mol. The van der Waals surface area contributed by atoms with Gasteiger partial charge < -0.3 is 19.8 Å². The van der Waals surface area contributed by atoms with Crippen LogP contribution in [-0.4, -0.2) is 90.5 Å². The summed E-state index contributed by atoms with van der Waals surface area (Å²) in [6.07, 6.45) is 5.95. The van der Waals surface area contributed by atoms with E-state index in [-0.39, 0.29) is 30.1 Å². The fraction of sp³-hybridized carbons (Fsp3) is 0.404. The molecule has 0 unspecified atom stereocenters. The zero-order valence-electron chi connectivity index (χ0n) is 32.4. The van der Waals surface area contributed by atoms with Crippen molar-refractivity contribution >= 4 is 35.1 Å². The lowest BCUT2D eigenvalue weighted by atomic mass is 9.75. The van der Waals surface area contributed by atoms with Gasteiger partial charge in [0.1, 0.15) is 6.04 Å². The summed E-state index contributed by atoms with van der Waals surface area (Å²) in [6.45, 7) is 7.49. The van der Waals surface area contributed by atoms with Gasteiger partial charge in [-0.25, -0.2) is 4.79 Å². The number of anilines is 2. The number of amides is 3. The second-order valence-electron chi connectivity index (χ2n) is 16.7. The first-order valence-electron chi connectivity index (χ1n) is 20.8. The first-order valence-corrected chi connectivity index (χ1v) is 20.8. The summed E-state index contributed by atoms with van der Waals surface area (Å²) in [7, 11) is 0. The summed E-state index contributed by atoms with van der Waals surface area (Å²) in [5.74, 6) is -0.496. The van der Waals surface area contributed by atoms with Gasteiger partial charge in [-0.05, 0) is 121 Å². The Balaban J connectivity index is 0.795. The molecule has 1 aliphatic carbocycles. The van der Waals surface area contributed by atoms with Gasteiger partial charge in [-0.2, -0.15) is 0 Å². The molecule has 4 heterocycles. The van der Waals surface area contributed by atoms with Crippen molar-refractivity contribution in [2.24, 2.45) is 5.92 Å². The molecule has 0 saturated carbocycles. The van der Waals surface area contributed by atoms with Crippen LogP contribution in [0.4, 0.5) is 11.4 Å². The molecule has 5 aliphatic rings. The molecule has 4 aromatic rings. The van der Waals surface area contributed by atoms with Gasteiger partial charge in [0.15, 0.2) is 0 Å². The lowest BCUT2D eigenvalue weighted by Gasteiger charge is -2.40. The lowest BCUT2D eigenvalue weighted by Crippen LogP contribution is -2.52. The van der Waals surface area contributed by atoms with Crippen LogP contribution >= 0.6 is 0 Å². The predicted octanol–water partition coefficient (Wildman–Crippen LogP) is 6.44. The number of carbonyl (C=O) groups excluding carboxylic acids is 3. The van der Waals surface area contributed by atoms with Crippen LogP contribution in [0.3, 0.4) is 0 Å². The fourth-order valence-electron chi connectivity index (χ4n) is 10.2. The van der Waals surface area contributed by atoms with E-state index >= 15 is 0 Å². The first-order chi connectivity index (χ1) is 27.8. The van der Waals surface area contributed by atoms with Crippen molar-refractivity contribution in [1.29, 1.82) is 0 Å². The van der Waals surface area contributed by atoms with E-state index < -0.39 is 12.0 Å². The maximum Gasteiger partial charge on any atom is 0.335 e. The van der Waals surface area contributed by atoms with Crippen molar-refractivity contribution in [3.05, 3.63) is 130 Å². The van der Waals surface area contributed by atoms with Gasteiger partial charge >= 0.3 is 5.97 Å². The van der Waals surface area contributed by atoms with Crippen molar-refractivity contribution in [2.75, 3.05) is 55.6 Å². The normalized spacial score (nSPS) is 23.2. The molecule has 0 aromatic heterocycles.